The van der Waals surface area contributed by atoms with Crippen molar-refractivity contribution in [1.29, 1.82) is 0 Å². The number of nitrogens with two attached hydrogens (primary N) is 1. The van der Waals surface area contributed by atoms with Crippen molar-refractivity contribution in [3.63, 3.8) is 0 Å². The minimum Gasteiger partial charge on any atom is -0.478 e. The van der Waals surface area contributed by atoms with E-state index in [1.807, 2.05) is 0 Å². The third-order valence-corrected chi connectivity index (χ3v) is 2.54. The lowest BCUT2D eigenvalue weighted by Crippen LogP contribution is -2.14. The number of hydrogen-bond donors (Lipinski definition) is 2. The summed E-state index contributed by atoms with van der Waals surface area (Å²) in [7, 11) is 0. The zero-order valence-corrected chi connectivity index (χ0v) is 8.69. The van der Waals surface area contributed by atoms with Crippen LogP contribution in [0.15, 0.2) is 16.6 Å². The standard InChI is InChI=1S/C8H5BrF3NO2/c9-6-4(13)2-1-3(7(14)15)5(6)8(10,11)12/h1-2H,13H2,(H,14,15). The monoisotopic (exact) mass is 283 g/mol. The van der Waals surface area contributed by atoms with Crippen molar-refractivity contribution in [2.75, 3.05) is 5.73 Å². The number of benzene rings is 1. The molecule has 0 unspecified atom stereocenters. The molecule has 7 heteroatoms. The van der Waals surface area contributed by atoms with Crippen LogP contribution in [0.25, 0.3) is 0 Å². The Morgan fingerprint density at radius 3 is 2.33 bits per heavy atom. The van der Waals surface area contributed by atoms with Crippen LogP contribution in [-0.2, 0) is 6.18 Å². The summed E-state index contributed by atoms with van der Waals surface area (Å²) in [6.07, 6.45) is -4.76. The van der Waals surface area contributed by atoms with Crippen molar-refractivity contribution < 1.29 is 23.1 Å². The average Bonchev–Trinajstić information content (AvgIpc) is 2.06. The molecule has 0 aliphatic heterocycles. The molecule has 0 amide bonds. The molecule has 1 aromatic rings. The smallest absolute Gasteiger partial charge is 0.418 e. The quantitative estimate of drug-likeness (QED) is 0.779. The number of hydrogen-bond acceptors (Lipinski definition) is 2. The van der Waals surface area contributed by atoms with Gasteiger partial charge in [-0.15, -0.1) is 0 Å². The van der Waals surface area contributed by atoms with E-state index in [0.29, 0.717) is 0 Å². The molecule has 0 spiro atoms. The lowest BCUT2D eigenvalue weighted by atomic mass is 10.1. The van der Waals surface area contributed by atoms with Crippen LogP contribution in [0, 0.1) is 0 Å². The van der Waals surface area contributed by atoms with Crippen molar-refractivity contribution in [3.8, 4) is 0 Å². The summed E-state index contributed by atoms with van der Waals surface area (Å²) < 4.78 is 37.1. The molecule has 0 bridgehead atoms. The Bertz CT molecular complexity index is 417. The van der Waals surface area contributed by atoms with Crippen LogP contribution >= 0.6 is 15.9 Å². The fraction of sp³-hybridized carbons (Fsp3) is 0.125. The number of carboxylic acid groups (broad SMARTS) is 1. The van der Waals surface area contributed by atoms with Crippen LogP contribution in [-0.4, -0.2) is 11.1 Å². The van der Waals surface area contributed by atoms with Crippen LogP contribution in [0.2, 0.25) is 0 Å². The highest BCUT2D eigenvalue weighted by Gasteiger charge is 2.38. The van der Waals surface area contributed by atoms with Gasteiger partial charge in [-0.2, -0.15) is 13.2 Å². The lowest BCUT2D eigenvalue weighted by molar-refractivity contribution is -0.138. The van der Waals surface area contributed by atoms with Crippen LogP contribution in [0.3, 0.4) is 0 Å². The number of halogens is 4. The predicted molar refractivity (Wildman–Crippen MR) is 50.5 cm³/mol. The molecule has 3 nitrogen and oxygen atoms in total. The first-order chi connectivity index (χ1) is 6.75. The van der Waals surface area contributed by atoms with Crippen molar-refractivity contribution >= 4 is 27.6 Å². The number of carbonyl (C=O) groups is 1. The minimum absolute atomic E-state index is 0.160. The maximum atomic E-state index is 12.5. The highest BCUT2D eigenvalue weighted by atomic mass is 79.9. The van der Waals surface area contributed by atoms with Crippen molar-refractivity contribution in [2.24, 2.45) is 0 Å². The van der Waals surface area contributed by atoms with Gasteiger partial charge in [0.15, 0.2) is 0 Å². The van der Waals surface area contributed by atoms with Gasteiger partial charge in [-0.1, -0.05) is 0 Å². The Morgan fingerprint density at radius 1 is 1.40 bits per heavy atom. The lowest BCUT2D eigenvalue weighted by Gasteiger charge is -2.13. The van der Waals surface area contributed by atoms with E-state index in [9.17, 15) is 18.0 Å². The van der Waals surface area contributed by atoms with Crippen LogP contribution in [0.5, 0.6) is 0 Å². The molecular weight excluding hydrogens is 279 g/mol. The molecule has 0 aliphatic carbocycles. The van der Waals surface area contributed by atoms with E-state index in [2.05, 4.69) is 15.9 Å². The molecule has 0 aliphatic rings. The second-order valence-corrected chi connectivity index (χ2v) is 3.49. The molecule has 15 heavy (non-hydrogen) atoms. The largest absolute Gasteiger partial charge is 0.478 e. The molecule has 0 radical (unpaired) electrons. The fourth-order valence-corrected chi connectivity index (χ4v) is 1.62. The van der Waals surface area contributed by atoms with Gasteiger partial charge in [-0.05, 0) is 28.1 Å². The molecule has 1 rings (SSSR count). The molecule has 0 heterocycles. The number of nitrogen functional groups attached to an aromatic ring is 1. The van der Waals surface area contributed by atoms with E-state index < -0.39 is 27.7 Å². The van der Waals surface area contributed by atoms with Crippen LogP contribution in [0.4, 0.5) is 18.9 Å². The summed E-state index contributed by atoms with van der Waals surface area (Å²) >= 11 is 2.63. The summed E-state index contributed by atoms with van der Waals surface area (Å²) in [5.41, 5.74) is 2.99. The van der Waals surface area contributed by atoms with Gasteiger partial charge >= 0.3 is 12.1 Å². The average molecular weight is 284 g/mol. The molecular formula is C8H5BrF3NO2. The molecule has 1 aromatic carbocycles. The van der Waals surface area contributed by atoms with E-state index in [4.69, 9.17) is 10.8 Å². The topological polar surface area (TPSA) is 63.3 Å². The Morgan fingerprint density at radius 2 is 1.93 bits per heavy atom. The highest BCUT2D eigenvalue weighted by molar-refractivity contribution is 9.10. The van der Waals surface area contributed by atoms with Crippen molar-refractivity contribution in [1.82, 2.24) is 0 Å². The van der Waals surface area contributed by atoms with Crippen LogP contribution in [0.1, 0.15) is 15.9 Å². The van der Waals surface area contributed by atoms with E-state index in [1.165, 1.54) is 0 Å². The molecule has 0 saturated carbocycles. The van der Waals surface area contributed by atoms with Crippen LogP contribution < -0.4 is 5.73 Å². The maximum absolute atomic E-state index is 12.5. The zero-order valence-electron chi connectivity index (χ0n) is 7.10. The summed E-state index contributed by atoms with van der Waals surface area (Å²) in [6.45, 7) is 0. The number of anilines is 1. The van der Waals surface area contributed by atoms with Gasteiger partial charge in [0.1, 0.15) is 0 Å². The SMILES string of the molecule is Nc1ccc(C(=O)O)c(C(F)(F)F)c1Br. The molecule has 0 aromatic heterocycles. The molecule has 0 saturated heterocycles. The number of aromatic carboxylic acids is 1. The number of carboxylic acids is 1. The third-order valence-electron chi connectivity index (χ3n) is 1.69. The second kappa shape index (κ2) is 3.73. The Kier molecular flexibility index (Phi) is 2.94. The first-order valence-electron chi connectivity index (χ1n) is 3.63. The van der Waals surface area contributed by atoms with Gasteiger partial charge < -0.3 is 10.8 Å². The van der Waals surface area contributed by atoms with E-state index in [0.717, 1.165) is 12.1 Å². The first kappa shape index (κ1) is 11.8. The first-order valence-corrected chi connectivity index (χ1v) is 4.43. The Hall–Kier alpha value is -1.24. The fourth-order valence-electron chi connectivity index (χ4n) is 1.05. The third kappa shape index (κ3) is 2.23. The number of alkyl halides is 3. The van der Waals surface area contributed by atoms with Gasteiger partial charge in [-0.25, -0.2) is 4.79 Å². The van der Waals surface area contributed by atoms with Gasteiger partial charge in [0.25, 0.3) is 0 Å². The van der Waals surface area contributed by atoms with Gasteiger partial charge in [0.2, 0.25) is 0 Å². The molecule has 0 atom stereocenters. The maximum Gasteiger partial charge on any atom is 0.418 e. The van der Waals surface area contributed by atoms with E-state index >= 15 is 0 Å². The second-order valence-electron chi connectivity index (χ2n) is 2.69. The Labute approximate surface area is 90.8 Å². The normalized spacial score (nSPS) is 11.5. The summed E-state index contributed by atoms with van der Waals surface area (Å²) in [5, 5.41) is 8.58. The zero-order chi connectivity index (χ0) is 11.8. The molecule has 0 fully saturated rings. The predicted octanol–water partition coefficient (Wildman–Crippen LogP) is 2.75. The summed E-state index contributed by atoms with van der Waals surface area (Å²) in [6, 6.07) is 1.92. The number of rotatable bonds is 1. The molecule has 82 valence electrons. The van der Waals surface area contributed by atoms with Gasteiger partial charge in [0.05, 0.1) is 15.6 Å². The van der Waals surface area contributed by atoms with Crippen molar-refractivity contribution in [2.45, 2.75) is 6.18 Å². The minimum atomic E-state index is -4.76. The van der Waals surface area contributed by atoms with Gasteiger partial charge in [-0.3, -0.25) is 0 Å². The highest BCUT2D eigenvalue weighted by Crippen LogP contribution is 2.39. The van der Waals surface area contributed by atoms with E-state index in [1.54, 1.807) is 0 Å². The van der Waals surface area contributed by atoms with E-state index in [-0.39, 0.29) is 5.69 Å². The van der Waals surface area contributed by atoms with Gasteiger partial charge in [0, 0.05) is 5.69 Å². The molecule has 3 N–H and O–H groups in total. The van der Waals surface area contributed by atoms with Crippen molar-refractivity contribution in [3.05, 3.63) is 27.7 Å². The Balaban J connectivity index is 3.57. The summed E-state index contributed by atoms with van der Waals surface area (Å²) in [4.78, 5) is 10.6. The summed E-state index contributed by atoms with van der Waals surface area (Å²) in [5.74, 6) is -1.65.